The summed E-state index contributed by atoms with van der Waals surface area (Å²) in [6.45, 7) is 7.76. The molecule has 0 bridgehead atoms. The molecule has 2 aromatic rings. The van der Waals surface area contributed by atoms with Crippen LogP contribution in [0.15, 0.2) is 47.5 Å². The van der Waals surface area contributed by atoms with Crippen molar-refractivity contribution in [1.29, 1.82) is 0 Å². The van der Waals surface area contributed by atoms with Gasteiger partial charge in [-0.2, -0.15) is 0 Å². The number of esters is 1. The van der Waals surface area contributed by atoms with Gasteiger partial charge in [0.2, 0.25) is 0 Å². The van der Waals surface area contributed by atoms with Gasteiger partial charge < -0.3 is 9.64 Å². The average Bonchev–Trinajstić information content (AvgIpc) is 2.89. The molecule has 2 aromatic carbocycles. The predicted octanol–water partition coefficient (Wildman–Crippen LogP) is 3.63. The van der Waals surface area contributed by atoms with E-state index in [0.717, 1.165) is 54.4 Å². The fourth-order valence-corrected chi connectivity index (χ4v) is 4.33. The molecule has 0 unspecified atom stereocenters. The number of carbonyl (C=O) groups is 1. The van der Waals surface area contributed by atoms with Crippen LogP contribution in [-0.2, 0) is 16.0 Å². The Morgan fingerprint density at radius 1 is 1.10 bits per heavy atom. The van der Waals surface area contributed by atoms with Crippen LogP contribution < -0.4 is 0 Å². The van der Waals surface area contributed by atoms with Gasteiger partial charge in [0.1, 0.15) is 11.7 Å². The third-order valence-corrected chi connectivity index (χ3v) is 5.94. The molecule has 1 fully saturated rings. The number of hydrogen-bond donors (Lipinski definition) is 0. The minimum absolute atomic E-state index is 0.189. The lowest BCUT2D eigenvalue weighted by atomic mass is 9.92. The first-order chi connectivity index (χ1) is 14.4. The lowest BCUT2D eigenvalue weighted by molar-refractivity contribution is -0.152. The topological polar surface area (TPSA) is 45.1 Å². The van der Waals surface area contributed by atoms with Crippen molar-refractivity contribution in [2.75, 3.05) is 39.8 Å². The number of ether oxygens (including phenoxy) is 1. The number of halogens is 1. The highest BCUT2D eigenvalue weighted by Gasteiger charge is 2.33. The second-order valence-electron chi connectivity index (χ2n) is 8.68. The van der Waals surface area contributed by atoms with Crippen molar-refractivity contribution in [1.82, 2.24) is 9.80 Å². The molecule has 30 heavy (non-hydrogen) atoms. The zero-order valence-electron chi connectivity index (χ0n) is 17.8. The van der Waals surface area contributed by atoms with Crippen molar-refractivity contribution >= 4 is 17.5 Å². The first-order valence-electron chi connectivity index (χ1n) is 10.4. The molecule has 2 heterocycles. The Hall–Kier alpha value is -2.73. The highest BCUT2D eigenvalue weighted by atomic mass is 19.1. The van der Waals surface area contributed by atoms with Crippen LogP contribution in [0.4, 0.5) is 10.1 Å². The molecule has 4 rings (SSSR count). The molecule has 0 saturated carbocycles. The van der Waals surface area contributed by atoms with Crippen LogP contribution in [0.3, 0.4) is 0 Å². The van der Waals surface area contributed by atoms with Gasteiger partial charge in [0.25, 0.3) is 0 Å². The molecule has 1 saturated heterocycles. The quantitative estimate of drug-likeness (QED) is 0.727. The minimum Gasteiger partial charge on any atom is -0.469 e. The van der Waals surface area contributed by atoms with Crippen molar-refractivity contribution in [2.45, 2.75) is 20.3 Å². The summed E-state index contributed by atoms with van der Waals surface area (Å²) in [6.07, 6.45) is 0.670. The number of carbonyl (C=O) groups excluding carboxylic acids is 1. The van der Waals surface area contributed by atoms with Crippen LogP contribution in [0.1, 0.15) is 30.5 Å². The van der Waals surface area contributed by atoms with Gasteiger partial charge in [0, 0.05) is 44.7 Å². The Kier molecular flexibility index (Phi) is 5.60. The largest absolute Gasteiger partial charge is 0.469 e. The predicted molar refractivity (Wildman–Crippen MR) is 116 cm³/mol. The molecule has 0 aromatic heterocycles. The number of hydrogen-bond acceptors (Lipinski definition) is 5. The standard InChI is InChI=1S/C24H28FN3O2/c1-24(2,23(29)30-3)16-27-10-12-28(13-11-27)22-20-9-8-19(25)15-18(20)14-17-6-4-5-7-21(17)26-22/h4-9,15H,10-14,16H2,1-3H3. The molecule has 158 valence electrons. The van der Waals surface area contributed by atoms with E-state index in [-0.39, 0.29) is 11.8 Å². The lowest BCUT2D eigenvalue weighted by Gasteiger charge is -2.39. The summed E-state index contributed by atoms with van der Waals surface area (Å²) in [5.74, 6) is 0.495. The van der Waals surface area contributed by atoms with Crippen LogP contribution in [0.25, 0.3) is 0 Å². The van der Waals surface area contributed by atoms with Crippen LogP contribution in [0.2, 0.25) is 0 Å². The zero-order valence-corrected chi connectivity index (χ0v) is 17.8. The number of rotatable bonds is 3. The smallest absolute Gasteiger partial charge is 0.312 e. The molecule has 0 radical (unpaired) electrons. The lowest BCUT2D eigenvalue weighted by Crippen LogP contribution is -2.52. The molecule has 2 aliphatic rings. The molecule has 0 N–H and O–H groups in total. The van der Waals surface area contributed by atoms with Gasteiger partial charge in [-0.3, -0.25) is 9.69 Å². The van der Waals surface area contributed by atoms with E-state index >= 15 is 0 Å². The number of aliphatic imine (C=N–C) groups is 1. The van der Waals surface area contributed by atoms with Crippen molar-refractivity contribution in [3.63, 3.8) is 0 Å². The molecule has 2 aliphatic heterocycles. The first kappa shape index (κ1) is 20.5. The van der Waals surface area contributed by atoms with E-state index in [1.165, 1.54) is 13.2 Å². The minimum atomic E-state index is -0.542. The van der Waals surface area contributed by atoms with Crippen LogP contribution in [0.5, 0.6) is 0 Å². The zero-order chi connectivity index (χ0) is 21.3. The van der Waals surface area contributed by atoms with Gasteiger partial charge in [-0.25, -0.2) is 9.38 Å². The SMILES string of the molecule is COC(=O)C(C)(C)CN1CCN(C2=Nc3ccccc3Cc3cc(F)ccc32)CC1. The maximum absolute atomic E-state index is 14.0. The van der Waals surface area contributed by atoms with Crippen molar-refractivity contribution in [3.8, 4) is 0 Å². The van der Waals surface area contributed by atoms with Gasteiger partial charge in [0.05, 0.1) is 18.2 Å². The van der Waals surface area contributed by atoms with Crippen LogP contribution in [0, 0.1) is 11.2 Å². The average molecular weight is 410 g/mol. The third-order valence-electron chi connectivity index (χ3n) is 5.94. The van der Waals surface area contributed by atoms with Gasteiger partial charge >= 0.3 is 5.97 Å². The maximum Gasteiger partial charge on any atom is 0.312 e. The van der Waals surface area contributed by atoms with Crippen molar-refractivity contribution < 1.29 is 13.9 Å². The number of para-hydroxylation sites is 1. The Labute approximate surface area is 177 Å². The van der Waals surface area contributed by atoms with Crippen molar-refractivity contribution in [2.24, 2.45) is 10.4 Å². The van der Waals surface area contributed by atoms with Crippen LogP contribution >= 0.6 is 0 Å². The summed E-state index contributed by atoms with van der Waals surface area (Å²) in [5, 5.41) is 0. The first-order valence-corrected chi connectivity index (χ1v) is 10.4. The van der Waals surface area contributed by atoms with Gasteiger partial charge in [-0.1, -0.05) is 18.2 Å². The summed E-state index contributed by atoms with van der Waals surface area (Å²) < 4.78 is 18.9. The summed E-state index contributed by atoms with van der Waals surface area (Å²) in [6, 6.07) is 13.1. The Morgan fingerprint density at radius 2 is 1.83 bits per heavy atom. The molecule has 0 spiro atoms. The monoisotopic (exact) mass is 409 g/mol. The summed E-state index contributed by atoms with van der Waals surface area (Å²) in [4.78, 5) is 21.6. The second-order valence-corrected chi connectivity index (χ2v) is 8.68. The third kappa shape index (κ3) is 4.10. The molecule has 0 atom stereocenters. The summed E-state index contributed by atoms with van der Waals surface area (Å²) in [7, 11) is 1.43. The highest BCUT2D eigenvalue weighted by molar-refractivity contribution is 6.02. The van der Waals surface area contributed by atoms with Gasteiger partial charge in [-0.15, -0.1) is 0 Å². The number of fused-ring (bicyclic) bond motifs is 2. The fraction of sp³-hybridized carbons (Fsp3) is 0.417. The Balaban J connectivity index is 1.57. The van der Waals surface area contributed by atoms with E-state index < -0.39 is 5.41 Å². The van der Waals surface area contributed by atoms with E-state index in [2.05, 4.69) is 15.9 Å². The normalized spacial score (nSPS) is 16.9. The number of methoxy groups -OCH3 is 1. The van der Waals surface area contributed by atoms with Crippen molar-refractivity contribution in [3.05, 3.63) is 65.0 Å². The van der Waals surface area contributed by atoms with E-state index in [1.807, 2.05) is 38.1 Å². The number of benzene rings is 2. The Morgan fingerprint density at radius 3 is 2.57 bits per heavy atom. The van der Waals surface area contributed by atoms with E-state index in [0.29, 0.717) is 13.0 Å². The van der Waals surface area contributed by atoms with Gasteiger partial charge in [0.15, 0.2) is 0 Å². The number of nitrogens with zero attached hydrogens (tertiary/aromatic N) is 3. The molecular weight excluding hydrogens is 381 g/mol. The van der Waals surface area contributed by atoms with E-state index in [4.69, 9.17) is 9.73 Å². The highest BCUT2D eigenvalue weighted by Crippen LogP contribution is 2.30. The number of piperazine rings is 1. The second kappa shape index (κ2) is 8.19. The summed E-state index contributed by atoms with van der Waals surface area (Å²) in [5.41, 5.74) is 3.47. The number of amidine groups is 1. The van der Waals surface area contributed by atoms with Gasteiger partial charge in [-0.05, 0) is 49.2 Å². The molecule has 6 heteroatoms. The fourth-order valence-electron chi connectivity index (χ4n) is 4.33. The maximum atomic E-state index is 14.0. The molecule has 5 nitrogen and oxygen atoms in total. The van der Waals surface area contributed by atoms with E-state index in [9.17, 15) is 9.18 Å². The Bertz CT molecular complexity index is 978. The summed E-state index contributed by atoms with van der Waals surface area (Å²) >= 11 is 0. The molecule has 0 amide bonds. The molecular formula is C24H28FN3O2. The van der Waals surface area contributed by atoms with Crippen LogP contribution in [-0.4, -0.2) is 61.4 Å². The van der Waals surface area contributed by atoms with E-state index in [1.54, 1.807) is 6.07 Å². The molecule has 0 aliphatic carbocycles.